The number of carbonyl (C=O) groups is 2. The van der Waals surface area contributed by atoms with Gasteiger partial charge in [-0.25, -0.2) is 8.42 Å². The standard InChI is InChI=1S/C23H23N3O5S/c1-17(27)19-5-3-6-20(13-19)25-23(28)16-26(15-18-8-10-21(31-2)11-9-18)32(29,30)22-7-4-12-24-14-22/h3-14H,15-16H2,1-2H3,(H,25,28). The molecule has 0 bridgehead atoms. The molecular weight excluding hydrogens is 430 g/mol. The van der Waals surface area contributed by atoms with Gasteiger partial charge in [-0.05, 0) is 48.9 Å². The molecule has 1 aromatic heterocycles. The van der Waals surface area contributed by atoms with Crippen LogP contribution in [0.1, 0.15) is 22.8 Å². The summed E-state index contributed by atoms with van der Waals surface area (Å²) >= 11 is 0. The monoisotopic (exact) mass is 453 g/mol. The summed E-state index contributed by atoms with van der Waals surface area (Å²) in [6.07, 6.45) is 2.71. The van der Waals surface area contributed by atoms with E-state index in [0.29, 0.717) is 22.6 Å². The average Bonchev–Trinajstić information content (AvgIpc) is 2.79. The lowest BCUT2D eigenvalue weighted by atomic mass is 10.1. The zero-order chi connectivity index (χ0) is 23.1. The van der Waals surface area contributed by atoms with Crippen LogP contribution in [0.4, 0.5) is 5.69 Å². The molecule has 8 nitrogen and oxygen atoms in total. The molecule has 0 spiro atoms. The number of benzene rings is 2. The smallest absolute Gasteiger partial charge is 0.245 e. The highest BCUT2D eigenvalue weighted by atomic mass is 32.2. The summed E-state index contributed by atoms with van der Waals surface area (Å²) in [6.45, 7) is 0.980. The van der Waals surface area contributed by atoms with Crippen molar-refractivity contribution in [2.75, 3.05) is 19.0 Å². The third kappa shape index (κ3) is 5.77. The highest BCUT2D eigenvalue weighted by Gasteiger charge is 2.27. The molecule has 166 valence electrons. The zero-order valence-electron chi connectivity index (χ0n) is 17.7. The first-order chi connectivity index (χ1) is 15.3. The van der Waals surface area contributed by atoms with Crippen molar-refractivity contribution in [3.8, 4) is 5.75 Å². The summed E-state index contributed by atoms with van der Waals surface area (Å²) in [6, 6.07) is 16.3. The number of nitrogens with zero attached hydrogens (tertiary/aromatic N) is 2. The second-order valence-electron chi connectivity index (χ2n) is 7.00. The fourth-order valence-electron chi connectivity index (χ4n) is 2.99. The molecule has 0 atom stereocenters. The summed E-state index contributed by atoms with van der Waals surface area (Å²) in [5, 5.41) is 2.66. The number of amides is 1. The Bertz CT molecular complexity index is 1200. The van der Waals surface area contributed by atoms with Crippen LogP contribution in [-0.4, -0.2) is 43.1 Å². The maximum absolute atomic E-state index is 13.2. The van der Waals surface area contributed by atoms with Crippen LogP contribution < -0.4 is 10.1 Å². The van der Waals surface area contributed by atoms with Crippen LogP contribution in [0.2, 0.25) is 0 Å². The number of ether oxygens (including phenoxy) is 1. The molecule has 32 heavy (non-hydrogen) atoms. The van der Waals surface area contributed by atoms with E-state index in [4.69, 9.17) is 4.74 Å². The Morgan fingerprint density at radius 2 is 1.81 bits per heavy atom. The number of carbonyl (C=O) groups excluding carboxylic acids is 2. The molecule has 0 aliphatic carbocycles. The number of nitrogens with one attached hydrogen (secondary N) is 1. The van der Waals surface area contributed by atoms with Crippen molar-refractivity contribution in [3.63, 3.8) is 0 Å². The summed E-state index contributed by atoms with van der Waals surface area (Å²) in [5.41, 5.74) is 1.54. The molecule has 0 radical (unpaired) electrons. The van der Waals surface area contributed by atoms with Gasteiger partial charge in [0.25, 0.3) is 0 Å². The van der Waals surface area contributed by atoms with Crippen LogP contribution in [0.5, 0.6) is 5.75 Å². The van der Waals surface area contributed by atoms with E-state index in [1.807, 2.05) is 0 Å². The molecule has 3 aromatic rings. The van der Waals surface area contributed by atoms with Gasteiger partial charge in [0.05, 0.1) is 13.7 Å². The molecular formula is C23H23N3O5S. The molecule has 0 aliphatic heterocycles. The predicted molar refractivity (Wildman–Crippen MR) is 120 cm³/mol. The van der Waals surface area contributed by atoms with E-state index >= 15 is 0 Å². The van der Waals surface area contributed by atoms with Crippen molar-refractivity contribution in [2.24, 2.45) is 0 Å². The van der Waals surface area contributed by atoms with E-state index in [2.05, 4.69) is 10.3 Å². The predicted octanol–water partition coefficient (Wildman–Crippen LogP) is 3.12. The Balaban J connectivity index is 1.85. The van der Waals surface area contributed by atoms with Crippen LogP contribution in [0.15, 0.2) is 78.0 Å². The SMILES string of the molecule is COc1ccc(CN(CC(=O)Nc2cccc(C(C)=O)c2)S(=O)(=O)c2cccnc2)cc1. The van der Waals surface area contributed by atoms with Gasteiger partial charge in [0.15, 0.2) is 5.78 Å². The van der Waals surface area contributed by atoms with Crippen molar-refractivity contribution < 1.29 is 22.7 Å². The van der Waals surface area contributed by atoms with E-state index in [-0.39, 0.29) is 17.2 Å². The van der Waals surface area contributed by atoms with Gasteiger partial charge in [0.1, 0.15) is 10.6 Å². The highest BCUT2D eigenvalue weighted by Crippen LogP contribution is 2.20. The minimum absolute atomic E-state index is 0.0140. The van der Waals surface area contributed by atoms with Gasteiger partial charge in [0.2, 0.25) is 15.9 Å². The Labute approximate surface area is 186 Å². The largest absolute Gasteiger partial charge is 0.497 e. The van der Waals surface area contributed by atoms with Crippen molar-refractivity contribution >= 4 is 27.4 Å². The van der Waals surface area contributed by atoms with E-state index in [9.17, 15) is 18.0 Å². The number of Topliss-reactive ketones (excluding diaryl/α,β-unsaturated/α-hetero) is 1. The summed E-state index contributed by atoms with van der Waals surface area (Å²) in [7, 11) is -2.46. The molecule has 2 aromatic carbocycles. The normalized spacial score (nSPS) is 11.2. The maximum Gasteiger partial charge on any atom is 0.245 e. The number of rotatable bonds is 9. The van der Waals surface area contributed by atoms with E-state index in [1.165, 1.54) is 31.5 Å². The molecule has 0 saturated carbocycles. The number of sulfonamides is 1. The molecule has 1 amide bonds. The van der Waals surface area contributed by atoms with Crippen molar-refractivity contribution in [2.45, 2.75) is 18.4 Å². The second-order valence-corrected chi connectivity index (χ2v) is 8.93. The number of pyridine rings is 1. The topological polar surface area (TPSA) is 106 Å². The van der Waals surface area contributed by atoms with Crippen LogP contribution in [0.25, 0.3) is 0 Å². The van der Waals surface area contributed by atoms with Crippen molar-refractivity contribution in [3.05, 3.63) is 84.2 Å². The lowest BCUT2D eigenvalue weighted by Crippen LogP contribution is -2.37. The van der Waals surface area contributed by atoms with E-state index in [1.54, 1.807) is 55.6 Å². The molecule has 0 fully saturated rings. The minimum Gasteiger partial charge on any atom is -0.497 e. The highest BCUT2D eigenvalue weighted by molar-refractivity contribution is 7.89. The van der Waals surface area contributed by atoms with Gasteiger partial charge in [-0.2, -0.15) is 4.31 Å². The van der Waals surface area contributed by atoms with Gasteiger partial charge < -0.3 is 10.1 Å². The molecule has 0 unspecified atom stereocenters. The fourth-order valence-corrected chi connectivity index (χ4v) is 4.33. The first-order valence-electron chi connectivity index (χ1n) is 9.73. The van der Waals surface area contributed by atoms with Crippen LogP contribution in [0.3, 0.4) is 0 Å². The van der Waals surface area contributed by atoms with Gasteiger partial charge in [-0.15, -0.1) is 0 Å². The van der Waals surface area contributed by atoms with Gasteiger partial charge >= 0.3 is 0 Å². The first kappa shape index (κ1) is 23.1. The molecule has 3 rings (SSSR count). The number of ketones is 1. The van der Waals surface area contributed by atoms with Gasteiger partial charge in [0, 0.05) is 30.2 Å². The Morgan fingerprint density at radius 1 is 1.06 bits per heavy atom. The second kappa shape index (κ2) is 10.2. The number of aromatic nitrogens is 1. The summed E-state index contributed by atoms with van der Waals surface area (Å²) in [5.74, 6) is -0.0356. The Kier molecular flexibility index (Phi) is 7.34. The zero-order valence-corrected chi connectivity index (χ0v) is 18.5. The fraction of sp³-hybridized carbons (Fsp3) is 0.174. The lowest BCUT2D eigenvalue weighted by molar-refractivity contribution is -0.116. The molecule has 1 N–H and O–H groups in total. The Hall–Kier alpha value is -3.56. The van der Waals surface area contributed by atoms with Crippen molar-refractivity contribution in [1.29, 1.82) is 0 Å². The van der Waals surface area contributed by atoms with E-state index in [0.717, 1.165) is 4.31 Å². The molecule has 1 heterocycles. The van der Waals surface area contributed by atoms with Gasteiger partial charge in [-0.1, -0.05) is 24.3 Å². The average molecular weight is 454 g/mol. The summed E-state index contributed by atoms with van der Waals surface area (Å²) < 4.78 is 32.7. The van der Waals surface area contributed by atoms with E-state index < -0.39 is 22.5 Å². The number of hydrogen-bond acceptors (Lipinski definition) is 6. The number of hydrogen-bond donors (Lipinski definition) is 1. The van der Waals surface area contributed by atoms with Crippen molar-refractivity contribution in [1.82, 2.24) is 9.29 Å². The molecule has 0 saturated heterocycles. The first-order valence-corrected chi connectivity index (χ1v) is 11.2. The number of methoxy groups -OCH3 is 1. The molecule has 0 aliphatic rings. The third-order valence-electron chi connectivity index (χ3n) is 4.66. The quantitative estimate of drug-likeness (QED) is 0.499. The number of anilines is 1. The summed E-state index contributed by atoms with van der Waals surface area (Å²) in [4.78, 5) is 28.2. The lowest BCUT2D eigenvalue weighted by Gasteiger charge is -2.22. The van der Waals surface area contributed by atoms with Crippen LogP contribution in [-0.2, 0) is 21.4 Å². The Morgan fingerprint density at radius 3 is 2.44 bits per heavy atom. The molecule has 9 heteroatoms. The third-order valence-corrected chi connectivity index (χ3v) is 6.44. The van der Waals surface area contributed by atoms with Crippen LogP contribution >= 0.6 is 0 Å². The van der Waals surface area contributed by atoms with Gasteiger partial charge in [-0.3, -0.25) is 14.6 Å². The maximum atomic E-state index is 13.2. The minimum atomic E-state index is -4.00. The van der Waals surface area contributed by atoms with Crippen LogP contribution in [0, 0.1) is 0 Å².